The Morgan fingerprint density at radius 3 is 1.93 bits per heavy atom. The Labute approximate surface area is 165 Å². The van der Waals surface area contributed by atoms with Crippen molar-refractivity contribution in [2.24, 2.45) is 0 Å². The quantitative estimate of drug-likeness (QED) is 0.650. The van der Waals surface area contributed by atoms with Crippen molar-refractivity contribution in [1.82, 2.24) is 0 Å². The predicted octanol–water partition coefficient (Wildman–Crippen LogP) is 6.33. The normalized spacial score (nSPS) is 19.0. The Kier molecular flexibility index (Phi) is 5.38. The van der Waals surface area contributed by atoms with Gasteiger partial charge in [0, 0.05) is 0 Å². The zero-order chi connectivity index (χ0) is 19.7. The maximum atomic E-state index is 12.5. The molecule has 0 amide bonds. The van der Waals surface area contributed by atoms with E-state index in [4.69, 9.17) is 0 Å². The summed E-state index contributed by atoms with van der Waals surface area (Å²) in [5.41, 5.74) is 2.67. The van der Waals surface area contributed by atoms with Crippen LogP contribution >= 0.6 is 0 Å². The summed E-state index contributed by atoms with van der Waals surface area (Å²) in [4.78, 5) is 24.0. The Balaban J connectivity index is 1.98. The van der Waals surface area contributed by atoms with Gasteiger partial charge in [-0.15, -0.1) is 0 Å². The number of fused-ring (bicyclic) bond motifs is 1. The molecule has 2 aromatic carbocycles. The minimum absolute atomic E-state index is 0.251. The third-order valence-electron chi connectivity index (χ3n) is 6.73. The summed E-state index contributed by atoms with van der Waals surface area (Å²) in [6, 6.07) is 7.15. The van der Waals surface area contributed by atoms with Gasteiger partial charge < -0.3 is 10.2 Å². The highest BCUT2D eigenvalue weighted by atomic mass is 16.4. The van der Waals surface area contributed by atoms with Crippen LogP contribution in [-0.4, -0.2) is 22.2 Å². The highest BCUT2D eigenvalue weighted by Crippen LogP contribution is 2.44. The summed E-state index contributed by atoms with van der Waals surface area (Å²) in [6.45, 7) is 0. The van der Waals surface area contributed by atoms with E-state index in [0.29, 0.717) is 5.56 Å². The van der Waals surface area contributed by atoms with E-state index in [-0.39, 0.29) is 17.4 Å². The zero-order valence-electron chi connectivity index (χ0n) is 16.2. The maximum absolute atomic E-state index is 12.5. The van der Waals surface area contributed by atoms with E-state index < -0.39 is 11.9 Å². The van der Waals surface area contributed by atoms with Crippen molar-refractivity contribution >= 4 is 22.7 Å². The van der Waals surface area contributed by atoms with Crippen molar-refractivity contribution in [3.63, 3.8) is 0 Å². The van der Waals surface area contributed by atoms with Crippen LogP contribution in [-0.2, 0) is 0 Å². The van der Waals surface area contributed by atoms with Crippen LogP contribution in [0.25, 0.3) is 10.8 Å². The van der Waals surface area contributed by atoms with Gasteiger partial charge in [0.15, 0.2) is 0 Å². The minimum Gasteiger partial charge on any atom is -0.478 e. The van der Waals surface area contributed by atoms with Crippen molar-refractivity contribution in [2.45, 2.75) is 76.0 Å². The zero-order valence-corrected chi connectivity index (χ0v) is 16.2. The number of aromatic carboxylic acids is 2. The molecule has 0 atom stereocenters. The highest BCUT2D eigenvalue weighted by molar-refractivity contribution is 6.02. The van der Waals surface area contributed by atoms with Gasteiger partial charge in [0.05, 0.1) is 11.1 Å². The molecule has 2 saturated carbocycles. The summed E-state index contributed by atoms with van der Waals surface area (Å²) < 4.78 is 0. The first kappa shape index (κ1) is 19.0. The standard InChI is InChI=1S/C24H28O4/c25-23(26)17-11-12-19-18(13-17)14-20(15-7-3-1-4-8-15)22(24(27)28)21(19)16-9-5-2-6-10-16/h11-16H,1-10H2,(H,25,26)(H,27,28). The Bertz CT molecular complexity index is 902. The van der Waals surface area contributed by atoms with E-state index in [1.54, 1.807) is 12.1 Å². The number of carboxylic acids is 2. The van der Waals surface area contributed by atoms with Crippen LogP contribution in [0.15, 0.2) is 24.3 Å². The number of benzene rings is 2. The molecule has 0 heterocycles. The third kappa shape index (κ3) is 3.52. The highest BCUT2D eigenvalue weighted by Gasteiger charge is 2.30. The van der Waals surface area contributed by atoms with Gasteiger partial charge in [0.2, 0.25) is 0 Å². The van der Waals surface area contributed by atoms with Crippen LogP contribution in [0.4, 0.5) is 0 Å². The first-order chi connectivity index (χ1) is 13.6. The van der Waals surface area contributed by atoms with Crippen LogP contribution < -0.4 is 0 Å². The van der Waals surface area contributed by atoms with Gasteiger partial charge in [0.1, 0.15) is 0 Å². The second-order valence-electron chi connectivity index (χ2n) is 8.47. The van der Waals surface area contributed by atoms with Crippen molar-refractivity contribution in [1.29, 1.82) is 0 Å². The molecule has 2 N–H and O–H groups in total. The molecule has 0 spiro atoms. The molecule has 2 fully saturated rings. The smallest absolute Gasteiger partial charge is 0.336 e. The van der Waals surface area contributed by atoms with Crippen molar-refractivity contribution in [2.75, 3.05) is 0 Å². The summed E-state index contributed by atoms with van der Waals surface area (Å²) in [7, 11) is 0. The lowest BCUT2D eigenvalue weighted by Gasteiger charge is -2.30. The molecular formula is C24H28O4. The lowest BCUT2D eigenvalue weighted by atomic mass is 9.74. The average Bonchev–Trinajstić information content (AvgIpc) is 2.73. The summed E-state index contributed by atoms with van der Waals surface area (Å²) in [5, 5.41) is 21.5. The molecule has 0 saturated heterocycles. The van der Waals surface area contributed by atoms with Crippen LogP contribution in [0.1, 0.15) is 108 Å². The van der Waals surface area contributed by atoms with Crippen molar-refractivity contribution in [3.05, 3.63) is 46.5 Å². The van der Waals surface area contributed by atoms with Crippen LogP contribution in [0, 0.1) is 0 Å². The number of hydrogen-bond donors (Lipinski definition) is 2. The Hall–Kier alpha value is -2.36. The van der Waals surface area contributed by atoms with Gasteiger partial charge in [-0.2, -0.15) is 0 Å². The Morgan fingerprint density at radius 2 is 1.36 bits per heavy atom. The van der Waals surface area contributed by atoms with E-state index >= 15 is 0 Å². The van der Waals surface area contributed by atoms with E-state index in [2.05, 4.69) is 0 Å². The summed E-state index contributed by atoms with van der Waals surface area (Å²) in [6.07, 6.45) is 11.0. The van der Waals surface area contributed by atoms with Gasteiger partial charge in [-0.1, -0.05) is 44.6 Å². The first-order valence-corrected chi connectivity index (χ1v) is 10.6. The number of carboxylic acid groups (broad SMARTS) is 2. The van der Waals surface area contributed by atoms with E-state index in [9.17, 15) is 19.8 Å². The minimum atomic E-state index is -0.942. The van der Waals surface area contributed by atoms with E-state index in [1.165, 1.54) is 12.8 Å². The fourth-order valence-electron chi connectivity index (χ4n) is 5.38. The van der Waals surface area contributed by atoms with Gasteiger partial charge in [-0.25, -0.2) is 9.59 Å². The van der Waals surface area contributed by atoms with Gasteiger partial charge in [-0.05, 0) is 77.6 Å². The lowest BCUT2D eigenvalue weighted by molar-refractivity contribution is 0.0683. The molecule has 2 aliphatic carbocycles. The van der Waals surface area contributed by atoms with Crippen LogP contribution in [0.3, 0.4) is 0 Å². The molecule has 28 heavy (non-hydrogen) atoms. The molecule has 2 aromatic rings. The molecule has 2 aliphatic rings. The summed E-state index contributed by atoms with van der Waals surface area (Å²) >= 11 is 0. The second-order valence-corrected chi connectivity index (χ2v) is 8.47. The average molecular weight is 380 g/mol. The summed E-state index contributed by atoms with van der Waals surface area (Å²) in [5.74, 6) is -1.25. The monoisotopic (exact) mass is 380 g/mol. The molecular weight excluding hydrogens is 352 g/mol. The van der Waals surface area contributed by atoms with E-state index in [0.717, 1.165) is 73.3 Å². The van der Waals surface area contributed by atoms with Gasteiger partial charge in [-0.3, -0.25) is 0 Å². The van der Waals surface area contributed by atoms with Crippen molar-refractivity contribution in [3.8, 4) is 0 Å². The van der Waals surface area contributed by atoms with Crippen LogP contribution in [0.2, 0.25) is 0 Å². The number of rotatable bonds is 4. The maximum Gasteiger partial charge on any atom is 0.336 e. The van der Waals surface area contributed by atoms with Crippen molar-refractivity contribution < 1.29 is 19.8 Å². The molecule has 148 valence electrons. The molecule has 4 nitrogen and oxygen atoms in total. The SMILES string of the molecule is O=C(O)c1ccc2c(C3CCCCC3)c(C(=O)O)c(C3CCCCC3)cc2c1. The molecule has 4 rings (SSSR count). The second kappa shape index (κ2) is 7.94. The lowest BCUT2D eigenvalue weighted by Crippen LogP contribution is -2.17. The van der Waals surface area contributed by atoms with Crippen LogP contribution in [0.5, 0.6) is 0 Å². The predicted molar refractivity (Wildman–Crippen MR) is 110 cm³/mol. The molecule has 0 unspecified atom stereocenters. The molecule has 0 aromatic heterocycles. The molecule has 0 radical (unpaired) electrons. The topological polar surface area (TPSA) is 74.6 Å². The van der Waals surface area contributed by atoms with Gasteiger partial charge >= 0.3 is 11.9 Å². The fraction of sp³-hybridized carbons (Fsp3) is 0.500. The molecule has 0 aliphatic heterocycles. The van der Waals surface area contributed by atoms with E-state index in [1.807, 2.05) is 12.1 Å². The first-order valence-electron chi connectivity index (χ1n) is 10.6. The Morgan fingerprint density at radius 1 is 0.750 bits per heavy atom. The number of carbonyl (C=O) groups is 2. The molecule has 4 heteroatoms. The fourth-order valence-corrected chi connectivity index (χ4v) is 5.38. The third-order valence-corrected chi connectivity index (χ3v) is 6.73. The number of hydrogen-bond acceptors (Lipinski definition) is 2. The molecule has 0 bridgehead atoms. The largest absolute Gasteiger partial charge is 0.478 e. The van der Waals surface area contributed by atoms with Gasteiger partial charge in [0.25, 0.3) is 0 Å².